The second kappa shape index (κ2) is 4.96. The maximum absolute atomic E-state index is 6.28. The summed E-state index contributed by atoms with van der Waals surface area (Å²) < 4.78 is 6.28. The predicted octanol–water partition coefficient (Wildman–Crippen LogP) is 5.34. The van der Waals surface area contributed by atoms with Gasteiger partial charge in [0.05, 0.1) is 17.1 Å². The first-order chi connectivity index (χ1) is 8.72. The van der Waals surface area contributed by atoms with Gasteiger partial charge in [-0.2, -0.15) is 0 Å². The zero-order chi connectivity index (χ0) is 14.3. The third-order valence-electron chi connectivity index (χ3n) is 4.16. The Hall–Kier alpha value is -0.773. The van der Waals surface area contributed by atoms with Crippen molar-refractivity contribution in [2.45, 2.75) is 45.5 Å². The molecular weight excluding hydrogens is 274 g/mol. The number of rotatable bonds is 3. The zero-order valence-electron chi connectivity index (χ0n) is 12.3. The molecule has 2 aromatic rings. The molecule has 0 fully saturated rings. The van der Waals surface area contributed by atoms with Crippen molar-refractivity contribution in [2.24, 2.45) is 0 Å². The standard InChI is InChI=1S/C15H22ClNOSi/c1-15(2,3)19(4,5)18-10-11-6-7-13(16)14-12(11)8-9-17-14/h6-9,17H,10H2,1-5H3. The van der Waals surface area contributed by atoms with E-state index < -0.39 is 8.32 Å². The van der Waals surface area contributed by atoms with E-state index in [9.17, 15) is 0 Å². The average Bonchev–Trinajstić information content (AvgIpc) is 2.76. The number of halogens is 1. The molecular formula is C15H22ClNOSi. The van der Waals surface area contributed by atoms with Crippen molar-refractivity contribution in [3.63, 3.8) is 0 Å². The Morgan fingerprint density at radius 2 is 1.89 bits per heavy atom. The highest BCUT2D eigenvalue weighted by molar-refractivity contribution is 6.74. The summed E-state index contributed by atoms with van der Waals surface area (Å²) in [6.07, 6.45) is 1.92. The third-order valence-corrected chi connectivity index (χ3v) is 8.95. The number of nitrogens with one attached hydrogen (secondary N) is 1. The van der Waals surface area contributed by atoms with Crippen LogP contribution in [0.25, 0.3) is 10.9 Å². The molecule has 0 unspecified atom stereocenters. The summed E-state index contributed by atoms with van der Waals surface area (Å²) in [7, 11) is -1.71. The Morgan fingerprint density at radius 3 is 2.53 bits per heavy atom. The first-order valence-corrected chi connectivity index (χ1v) is 9.89. The lowest BCUT2D eigenvalue weighted by molar-refractivity contribution is 0.277. The van der Waals surface area contributed by atoms with Gasteiger partial charge in [0.2, 0.25) is 0 Å². The van der Waals surface area contributed by atoms with E-state index in [0.29, 0.717) is 6.61 Å². The molecule has 0 spiro atoms. The molecule has 0 aliphatic heterocycles. The molecule has 0 atom stereocenters. The molecule has 1 aromatic carbocycles. The van der Waals surface area contributed by atoms with Crippen LogP contribution < -0.4 is 0 Å². The van der Waals surface area contributed by atoms with Crippen LogP contribution >= 0.6 is 11.6 Å². The molecule has 0 bridgehead atoms. The van der Waals surface area contributed by atoms with Crippen LogP contribution in [0.15, 0.2) is 24.4 Å². The Kier molecular flexibility index (Phi) is 3.82. The molecule has 0 aliphatic carbocycles. The Morgan fingerprint density at radius 1 is 1.21 bits per heavy atom. The van der Waals surface area contributed by atoms with Crippen molar-refractivity contribution in [3.05, 3.63) is 35.0 Å². The highest BCUT2D eigenvalue weighted by Crippen LogP contribution is 2.37. The van der Waals surface area contributed by atoms with E-state index >= 15 is 0 Å². The van der Waals surface area contributed by atoms with Crippen molar-refractivity contribution in [2.75, 3.05) is 0 Å². The third kappa shape index (κ3) is 2.88. The molecule has 2 nitrogen and oxygen atoms in total. The molecule has 1 N–H and O–H groups in total. The maximum atomic E-state index is 6.28. The maximum Gasteiger partial charge on any atom is 0.192 e. The number of hydrogen-bond donors (Lipinski definition) is 1. The molecule has 19 heavy (non-hydrogen) atoms. The fraction of sp³-hybridized carbons (Fsp3) is 0.467. The fourth-order valence-corrected chi connectivity index (χ4v) is 2.95. The number of H-pyrrole nitrogens is 1. The second-order valence-corrected chi connectivity index (χ2v) is 11.7. The van der Waals surface area contributed by atoms with Gasteiger partial charge in [-0.3, -0.25) is 0 Å². The SMILES string of the molecule is CC(C)(C)[Si](C)(C)OCc1ccc(Cl)c2[nH]ccc12. The van der Waals surface area contributed by atoms with Crippen molar-refractivity contribution >= 4 is 30.8 Å². The zero-order valence-corrected chi connectivity index (χ0v) is 14.1. The Labute approximate surface area is 121 Å². The second-order valence-electron chi connectivity index (χ2n) is 6.52. The van der Waals surface area contributed by atoms with E-state index in [-0.39, 0.29) is 5.04 Å². The van der Waals surface area contributed by atoms with Crippen LogP contribution in [0.3, 0.4) is 0 Å². The number of hydrogen-bond acceptors (Lipinski definition) is 1. The topological polar surface area (TPSA) is 25.0 Å². The fourth-order valence-electron chi connectivity index (χ4n) is 1.78. The van der Waals surface area contributed by atoms with Crippen LogP contribution in [0.1, 0.15) is 26.3 Å². The van der Waals surface area contributed by atoms with Gasteiger partial charge in [0.25, 0.3) is 0 Å². The molecule has 104 valence electrons. The lowest BCUT2D eigenvalue weighted by atomic mass is 10.1. The average molecular weight is 296 g/mol. The van der Waals surface area contributed by atoms with Crippen molar-refractivity contribution in [1.82, 2.24) is 4.98 Å². The number of fused-ring (bicyclic) bond motifs is 1. The van der Waals surface area contributed by atoms with Crippen LogP contribution in [0.5, 0.6) is 0 Å². The molecule has 0 saturated carbocycles. The minimum absolute atomic E-state index is 0.233. The molecule has 0 aliphatic rings. The van der Waals surface area contributed by atoms with Gasteiger partial charge in [0.1, 0.15) is 0 Å². The van der Waals surface area contributed by atoms with Gasteiger partial charge in [-0.1, -0.05) is 38.4 Å². The van der Waals surface area contributed by atoms with Crippen molar-refractivity contribution in [3.8, 4) is 0 Å². The van der Waals surface area contributed by atoms with E-state index in [0.717, 1.165) is 15.9 Å². The van der Waals surface area contributed by atoms with Gasteiger partial charge in [-0.25, -0.2) is 0 Å². The predicted molar refractivity (Wildman–Crippen MR) is 85.3 cm³/mol. The lowest BCUT2D eigenvalue weighted by Crippen LogP contribution is -2.40. The molecule has 1 aromatic heterocycles. The minimum atomic E-state index is -1.71. The van der Waals surface area contributed by atoms with Crippen LogP contribution in [-0.4, -0.2) is 13.3 Å². The van der Waals surface area contributed by atoms with Gasteiger partial charge in [-0.05, 0) is 35.8 Å². The van der Waals surface area contributed by atoms with Gasteiger partial charge in [0, 0.05) is 11.6 Å². The summed E-state index contributed by atoms with van der Waals surface area (Å²) in [6, 6.07) is 6.06. The highest BCUT2D eigenvalue weighted by Gasteiger charge is 2.37. The van der Waals surface area contributed by atoms with Crippen LogP contribution in [-0.2, 0) is 11.0 Å². The molecule has 2 rings (SSSR count). The summed E-state index contributed by atoms with van der Waals surface area (Å²) in [6.45, 7) is 12.0. The number of benzene rings is 1. The van der Waals surface area contributed by atoms with Crippen LogP contribution in [0, 0.1) is 0 Å². The van der Waals surface area contributed by atoms with Crippen LogP contribution in [0.2, 0.25) is 23.2 Å². The van der Waals surface area contributed by atoms with E-state index in [1.54, 1.807) is 0 Å². The monoisotopic (exact) mass is 295 g/mol. The number of aromatic amines is 1. The summed E-state index contributed by atoms with van der Waals surface area (Å²) >= 11 is 6.17. The summed E-state index contributed by atoms with van der Waals surface area (Å²) in [5, 5.41) is 2.15. The Bertz CT molecular complexity index is 583. The number of aromatic nitrogens is 1. The lowest BCUT2D eigenvalue weighted by Gasteiger charge is -2.36. The van der Waals surface area contributed by atoms with Gasteiger partial charge < -0.3 is 9.41 Å². The van der Waals surface area contributed by atoms with E-state index in [1.807, 2.05) is 12.3 Å². The molecule has 0 radical (unpaired) electrons. The first-order valence-electron chi connectivity index (χ1n) is 6.61. The van der Waals surface area contributed by atoms with E-state index in [1.165, 1.54) is 5.56 Å². The quantitative estimate of drug-likeness (QED) is 0.759. The van der Waals surface area contributed by atoms with Crippen molar-refractivity contribution < 1.29 is 4.43 Å². The van der Waals surface area contributed by atoms with Crippen LogP contribution in [0.4, 0.5) is 0 Å². The Balaban J connectivity index is 2.24. The smallest absolute Gasteiger partial charge is 0.192 e. The van der Waals surface area contributed by atoms with E-state index in [4.69, 9.17) is 16.0 Å². The molecule has 0 amide bonds. The summed E-state index contributed by atoms with van der Waals surface area (Å²) in [5.41, 5.74) is 2.20. The molecule has 4 heteroatoms. The normalized spacial score (nSPS) is 13.2. The van der Waals surface area contributed by atoms with Gasteiger partial charge in [-0.15, -0.1) is 0 Å². The van der Waals surface area contributed by atoms with Crippen molar-refractivity contribution in [1.29, 1.82) is 0 Å². The largest absolute Gasteiger partial charge is 0.413 e. The molecule has 1 heterocycles. The molecule has 0 saturated heterocycles. The minimum Gasteiger partial charge on any atom is -0.413 e. The van der Waals surface area contributed by atoms with E-state index in [2.05, 4.69) is 51.0 Å². The summed E-state index contributed by atoms with van der Waals surface area (Å²) in [5.74, 6) is 0. The highest BCUT2D eigenvalue weighted by atomic mass is 35.5. The first kappa shape index (κ1) is 14.6. The summed E-state index contributed by atoms with van der Waals surface area (Å²) in [4.78, 5) is 3.18. The van der Waals surface area contributed by atoms with Gasteiger partial charge >= 0.3 is 0 Å². The van der Waals surface area contributed by atoms with Gasteiger partial charge in [0.15, 0.2) is 8.32 Å².